The van der Waals surface area contributed by atoms with Gasteiger partial charge in [0.25, 0.3) is 0 Å². The van der Waals surface area contributed by atoms with Crippen LogP contribution in [0.1, 0.15) is 25.0 Å². The molecular weight excluding hydrogens is 563 g/mol. The molecule has 2 N–H and O–H groups in total. The third kappa shape index (κ3) is 7.87. The molecule has 1 amide bonds. The molecule has 0 unspecified atom stereocenters. The zero-order valence-corrected chi connectivity index (χ0v) is 23.5. The van der Waals surface area contributed by atoms with Crippen molar-refractivity contribution >= 4 is 50.4 Å². The van der Waals surface area contributed by atoms with Crippen LogP contribution in [0, 0.1) is 5.82 Å². The van der Waals surface area contributed by atoms with Gasteiger partial charge >= 0.3 is 11.9 Å². The lowest BCUT2D eigenvalue weighted by atomic mass is 10.1. The summed E-state index contributed by atoms with van der Waals surface area (Å²) >= 11 is 0. The predicted molar refractivity (Wildman–Crippen MR) is 156 cm³/mol. The van der Waals surface area contributed by atoms with E-state index in [9.17, 15) is 27.2 Å². The van der Waals surface area contributed by atoms with E-state index in [1.807, 2.05) is 0 Å². The zero-order chi connectivity index (χ0) is 30.3. The Kier molecular flexibility index (Phi) is 9.46. The van der Waals surface area contributed by atoms with Gasteiger partial charge in [0.05, 0.1) is 4.90 Å². The smallest absolute Gasteiger partial charge is 0.308 e. The molecular formula is C31H27FN2O7S. The van der Waals surface area contributed by atoms with Gasteiger partial charge in [-0.3, -0.25) is 14.4 Å². The molecule has 0 saturated carbocycles. The summed E-state index contributed by atoms with van der Waals surface area (Å²) in [5.41, 5.74) is 1.68. The summed E-state index contributed by atoms with van der Waals surface area (Å²) in [5, 5.41) is 3.70. The van der Waals surface area contributed by atoms with Crippen LogP contribution in [-0.4, -0.2) is 32.8 Å². The molecule has 0 spiro atoms. The molecule has 0 atom stereocenters. The minimum absolute atomic E-state index is 0.0225. The molecule has 0 aliphatic rings. The lowest BCUT2D eigenvalue weighted by molar-refractivity contribution is -0.134. The SMILES string of the molecule is CC(=O)Oc1ccc(/C=C/C(=O)Nc2cccc3c(S(=O)(=O)NCCc4ccc(F)cc4)cccc23)cc1OC(C)=O. The van der Waals surface area contributed by atoms with Crippen LogP contribution in [0.3, 0.4) is 0 Å². The quantitative estimate of drug-likeness (QED) is 0.151. The molecule has 4 aromatic rings. The van der Waals surface area contributed by atoms with Gasteiger partial charge in [-0.15, -0.1) is 0 Å². The van der Waals surface area contributed by atoms with Crippen molar-refractivity contribution in [1.82, 2.24) is 4.72 Å². The Morgan fingerprint density at radius 3 is 2.21 bits per heavy atom. The van der Waals surface area contributed by atoms with E-state index in [2.05, 4.69) is 10.0 Å². The molecule has 4 aromatic carbocycles. The van der Waals surface area contributed by atoms with Gasteiger partial charge in [0.15, 0.2) is 11.5 Å². The summed E-state index contributed by atoms with van der Waals surface area (Å²) in [4.78, 5) is 35.6. The highest BCUT2D eigenvalue weighted by Crippen LogP contribution is 2.30. The third-order valence-corrected chi connectivity index (χ3v) is 7.47. The molecule has 0 fully saturated rings. The Bertz CT molecular complexity index is 1790. The topological polar surface area (TPSA) is 128 Å². The van der Waals surface area contributed by atoms with Crippen LogP contribution >= 0.6 is 0 Å². The van der Waals surface area contributed by atoms with Gasteiger partial charge in [-0.2, -0.15) is 0 Å². The van der Waals surface area contributed by atoms with Gasteiger partial charge in [0, 0.05) is 42.9 Å². The van der Waals surface area contributed by atoms with Gasteiger partial charge in [-0.05, 0) is 60.0 Å². The van der Waals surface area contributed by atoms with Gasteiger partial charge < -0.3 is 14.8 Å². The first kappa shape index (κ1) is 30.1. The van der Waals surface area contributed by atoms with Crippen LogP contribution < -0.4 is 19.5 Å². The first-order valence-corrected chi connectivity index (χ1v) is 14.3. The summed E-state index contributed by atoms with van der Waals surface area (Å²) in [5.74, 6) is -1.97. The average Bonchev–Trinajstić information content (AvgIpc) is 2.93. The second-order valence-electron chi connectivity index (χ2n) is 9.15. The number of ether oxygens (including phenoxy) is 2. The first-order valence-electron chi connectivity index (χ1n) is 12.8. The fourth-order valence-corrected chi connectivity index (χ4v) is 5.38. The first-order chi connectivity index (χ1) is 20.0. The van der Waals surface area contributed by atoms with Gasteiger partial charge in [-0.25, -0.2) is 17.5 Å². The fraction of sp³-hybridized carbons (Fsp3) is 0.129. The maximum atomic E-state index is 13.1. The lowest BCUT2D eigenvalue weighted by Crippen LogP contribution is -2.26. The number of anilines is 1. The van der Waals surface area contributed by atoms with Crippen molar-refractivity contribution in [3.05, 3.63) is 102 Å². The standard InChI is InChI=1S/C31H27FN2O7S/c1-20(35)40-28-15-11-23(19-29(28)41-21(2)36)12-16-31(37)34-27-7-3-6-26-25(27)5-4-8-30(26)42(38,39)33-18-17-22-9-13-24(32)14-10-22/h3-16,19,33H,17-18H2,1-2H3,(H,34,37)/b16-12+. The predicted octanol–water partition coefficient (Wildman–Crippen LogP) is 5.00. The van der Waals surface area contributed by atoms with Crippen molar-refractivity contribution in [3.63, 3.8) is 0 Å². The number of hydrogen-bond donors (Lipinski definition) is 2. The Balaban J connectivity index is 1.50. The van der Waals surface area contributed by atoms with Crippen LogP contribution in [0.2, 0.25) is 0 Å². The molecule has 9 nitrogen and oxygen atoms in total. The maximum Gasteiger partial charge on any atom is 0.308 e. The number of rotatable bonds is 10. The highest BCUT2D eigenvalue weighted by Gasteiger charge is 2.18. The van der Waals surface area contributed by atoms with Crippen LogP contribution in [0.4, 0.5) is 10.1 Å². The lowest BCUT2D eigenvalue weighted by Gasteiger charge is -2.12. The molecule has 0 aliphatic carbocycles. The van der Waals surface area contributed by atoms with Gasteiger partial charge in [-0.1, -0.05) is 42.5 Å². The number of carbonyl (C=O) groups excluding carboxylic acids is 3. The summed E-state index contributed by atoms with van der Waals surface area (Å²) < 4.78 is 52.1. The van der Waals surface area contributed by atoms with E-state index in [4.69, 9.17) is 9.47 Å². The van der Waals surface area contributed by atoms with Crippen LogP contribution in [0.15, 0.2) is 89.8 Å². The number of hydrogen-bond acceptors (Lipinski definition) is 7. The minimum atomic E-state index is -3.90. The molecule has 216 valence electrons. The molecule has 0 bridgehead atoms. The largest absolute Gasteiger partial charge is 0.423 e. The van der Waals surface area contributed by atoms with E-state index in [0.717, 1.165) is 5.56 Å². The van der Waals surface area contributed by atoms with Crippen molar-refractivity contribution in [2.45, 2.75) is 25.2 Å². The Morgan fingerprint density at radius 2 is 1.50 bits per heavy atom. The fourth-order valence-electron chi connectivity index (χ4n) is 4.13. The van der Waals surface area contributed by atoms with E-state index >= 15 is 0 Å². The normalized spacial score (nSPS) is 11.4. The number of esters is 2. The highest BCUT2D eigenvalue weighted by molar-refractivity contribution is 7.89. The Hall–Kier alpha value is -4.87. The second kappa shape index (κ2) is 13.2. The van der Waals surface area contributed by atoms with Crippen molar-refractivity contribution in [2.75, 3.05) is 11.9 Å². The summed E-state index contributed by atoms with van der Waals surface area (Å²) in [6.07, 6.45) is 3.12. The maximum absolute atomic E-state index is 13.1. The molecule has 0 saturated heterocycles. The zero-order valence-electron chi connectivity index (χ0n) is 22.7. The molecule has 0 aromatic heterocycles. The number of carbonyl (C=O) groups is 3. The third-order valence-electron chi connectivity index (χ3n) is 5.95. The van der Waals surface area contributed by atoms with Crippen LogP contribution in [0.5, 0.6) is 11.5 Å². The summed E-state index contributed by atoms with van der Waals surface area (Å²) in [6, 6.07) is 20.0. The molecule has 0 radical (unpaired) electrons. The second-order valence-corrected chi connectivity index (χ2v) is 10.9. The number of fused-ring (bicyclic) bond motifs is 1. The van der Waals surface area contributed by atoms with Crippen molar-refractivity contribution in [3.8, 4) is 11.5 Å². The van der Waals surface area contributed by atoms with E-state index in [0.29, 0.717) is 28.4 Å². The summed E-state index contributed by atoms with van der Waals surface area (Å²) in [6.45, 7) is 2.54. The molecule has 0 aliphatic heterocycles. The number of halogens is 1. The number of amides is 1. The number of sulfonamides is 1. The molecule has 4 rings (SSSR count). The minimum Gasteiger partial charge on any atom is -0.423 e. The van der Waals surface area contributed by atoms with E-state index in [1.165, 1.54) is 56.3 Å². The highest BCUT2D eigenvalue weighted by atomic mass is 32.2. The molecule has 42 heavy (non-hydrogen) atoms. The Morgan fingerprint density at radius 1 is 0.833 bits per heavy atom. The van der Waals surface area contributed by atoms with Crippen molar-refractivity contribution < 1.29 is 36.7 Å². The van der Waals surface area contributed by atoms with Crippen LogP contribution in [0.25, 0.3) is 16.8 Å². The van der Waals surface area contributed by atoms with Crippen molar-refractivity contribution in [2.24, 2.45) is 0 Å². The van der Waals surface area contributed by atoms with Gasteiger partial charge in [0.2, 0.25) is 15.9 Å². The summed E-state index contributed by atoms with van der Waals surface area (Å²) in [7, 11) is -3.90. The number of benzene rings is 4. The van der Waals surface area contributed by atoms with Gasteiger partial charge in [0.1, 0.15) is 5.82 Å². The number of nitrogens with one attached hydrogen (secondary N) is 2. The van der Waals surface area contributed by atoms with E-state index in [1.54, 1.807) is 48.5 Å². The molecule has 0 heterocycles. The van der Waals surface area contributed by atoms with Crippen molar-refractivity contribution in [1.29, 1.82) is 0 Å². The van der Waals surface area contributed by atoms with Crippen LogP contribution in [-0.2, 0) is 30.8 Å². The molecule has 11 heteroatoms. The Labute approximate surface area is 242 Å². The van der Waals surface area contributed by atoms with E-state index < -0.39 is 27.9 Å². The van der Waals surface area contributed by atoms with E-state index in [-0.39, 0.29) is 28.8 Å². The average molecular weight is 591 g/mol. The monoisotopic (exact) mass is 590 g/mol.